The highest BCUT2D eigenvalue weighted by Crippen LogP contribution is 2.33. The van der Waals surface area contributed by atoms with Gasteiger partial charge in [0.2, 0.25) is 0 Å². The lowest BCUT2D eigenvalue weighted by atomic mass is 9.95. The van der Waals surface area contributed by atoms with Gasteiger partial charge in [-0.25, -0.2) is 4.39 Å². The quantitative estimate of drug-likeness (QED) is 0.344. The fourth-order valence-electron chi connectivity index (χ4n) is 3.42. The van der Waals surface area contributed by atoms with Crippen LogP contribution in [0.5, 0.6) is 5.75 Å². The van der Waals surface area contributed by atoms with E-state index < -0.39 is 0 Å². The van der Waals surface area contributed by atoms with Crippen LogP contribution in [0.4, 0.5) is 4.39 Å². The Labute approximate surface area is 189 Å². The zero-order valence-corrected chi connectivity index (χ0v) is 19.2. The zero-order valence-electron chi connectivity index (χ0n) is 16.9. The van der Waals surface area contributed by atoms with Crippen LogP contribution in [-0.4, -0.2) is 51.3 Å². The number of hydrogen-bond acceptors (Lipinski definition) is 3. The summed E-state index contributed by atoms with van der Waals surface area (Å²) in [5.74, 6) is 1.10. The molecule has 2 atom stereocenters. The molecule has 3 rings (SSSR count). The van der Waals surface area contributed by atoms with E-state index in [0.29, 0.717) is 19.1 Å². The van der Waals surface area contributed by atoms with Gasteiger partial charge in [-0.3, -0.25) is 4.99 Å². The molecule has 1 heterocycles. The van der Waals surface area contributed by atoms with Gasteiger partial charge < -0.3 is 19.7 Å². The molecule has 1 fully saturated rings. The van der Waals surface area contributed by atoms with Crippen molar-refractivity contribution in [2.24, 2.45) is 10.9 Å². The fourth-order valence-corrected chi connectivity index (χ4v) is 3.42. The molecule has 158 valence electrons. The molecule has 1 aliphatic heterocycles. The Morgan fingerprint density at radius 1 is 1.21 bits per heavy atom. The van der Waals surface area contributed by atoms with E-state index in [-0.39, 0.29) is 41.6 Å². The van der Waals surface area contributed by atoms with Gasteiger partial charge in [-0.2, -0.15) is 0 Å². The summed E-state index contributed by atoms with van der Waals surface area (Å²) >= 11 is 0. The van der Waals surface area contributed by atoms with Crippen LogP contribution >= 0.6 is 24.0 Å². The van der Waals surface area contributed by atoms with E-state index in [9.17, 15) is 4.39 Å². The second kappa shape index (κ2) is 12.0. The molecule has 0 radical (unpaired) electrons. The lowest BCUT2D eigenvalue weighted by molar-refractivity contribution is 0.0913. The van der Waals surface area contributed by atoms with Gasteiger partial charge in [0.1, 0.15) is 6.61 Å². The molecule has 2 aromatic rings. The van der Waals surface area contributed by atoms with Crippen molar-refractivity contribution < 1.29 is 13.9 Å². The minimum atomic E-state index is -0.346. The molecule has 0 aromatic heterocycles. The van der Waals surface area contributed by atoms with Crippen molar-refractivity contribution in [3.05, 3.63) is 66.0 Å². The van der Waals surface area contributed by atoms with Crippen LogP contribution in [0, 0.1) is 11.7 Å². The predicted octanol–water partition coefficient (Wildman–Crippen LogP) is 4.11. The minimum Gasteiger partial charge on any atom is -0.489 e. The molecular weight excluding hydrogens is 484 g/mol. The molecule has 1 saturated heterocycles. The number of guanidine groups is 1. The van der Waals surface area contributed by atoms with Crippen LogP contribution in [0.25, 0.3) is 0 Å². The number of ether oxygens (including phenoxy) is 2. The molecule has 1 N–H and O–H groups in total. The normalized spacial score (nSPS) is 18.8. The highest BCUT2D eigenvalue weighted by Gasteiger charge is 2.29. The SMILES string of the molecule is CN=C(NCC1CCOC1c1ccccc1)N(C)CCOc1ccccc1F.I. The molecule has 0 amide bonds. The first kappa shape index (κ1) is 23.4. The topological polar surface area (TPSA) is 46.1 Å². The summed E-state index contributed by atoms with van der Waals surface area (Å²) in [7, 11) is 3.70. The van der Waals surface area contributed by atoms with Gasteiger partial charge in [0.15, 0.2) is 17.5 Å². The summed E-state index contributed by atoms with van der Waals surface area (Å²) in [5, 5.41) is 3.44. The Morgan fingerprint density at radius 2 is 1.93 bits per heavy atom. The molecule has 2 unspecified atom stereocenters. The average Bonchev–Trinajstić information content (AvgIpc) is 3.19. The Balaban J connectivity index is 0.00000300. The minimum absolute atomic E-state index is 0. The van der Waals surface area contributed by atoms with E-state index in [1.807, 2.05) is 30.1 Å². The van der Waals surface area contributed by atoms with Crippen molar-refractivity contribution in [3.8, 4) is 5.75 Å². The van der Waals surface area contributed by atoms with Gasteiger partial charge in [0.25, 0.3) is 0 Å². The number of para-hydroxylation sites is 1. The fraction of sp³-hybridized carbons (Fsp3) is 0.409. The number of rotatable bonds is 7. The Hall–Kier alpha value is -1.87. The van der Waals surface area contributed by atoms with E-state index >= 15 is 0 Å². The molecule has 7 heteroatoms. The van der Waals surface area contributed by atoms with Crippen LogP contribution in [0.2, 0.25) is 0 Å². The van der Waals surface area contributed by atoms with Crippen molar-refractivity contribution in [3.63, 3.8) is 0 Å². The summed E-state index contributed by atoms with van der Waals surface area (Å²) in [6.07, 6.45) is 1.13. The highest BCUT2D eigenvalue weighted by atomic mass is 127. The lowest BCUT2D eigenvalue weighted by Crippen LogP contribution is -2.43. The molecule has 5 nitrogen and oxygen atoms in total. The van der Waals surface area contributed by atoms with Gasteiger partial charge in [0.05, 0.1) is 12.6 Å². The number of benzene rings is 2. The van der Waals surface area contributed by atoms with Crippen LogP contribution in [0.1, 0.15) is 18.1 Å². The van der Waals surface area contributed by atoms with Crippen LogP contribution in [-0.2, 0) is 4.74 Å². The Kier molecular flexibility index (Phi) is 9.66. The summed E-state index contributed by atoms with van der Waals surface area (Å²) < 4.78 is 25.1. The average molecular weight is 513 g/mol. The summed E-state index contributed by atoms with van der Waals surface area (Å²) in [6.45, 7) is 2.52. The number of halogens is 2. The number of aliphatic imine (C=N–C) groups is 1. The summed E-state index contributed by atoms with van der Waals surface area (Å²) in [4.78, 5) is 6.33. The molecule has 0 bridgehead atoms. The maximum atomic E-state index is 13.6. The zero-order chi connectivity index (χ0) is 19.8. The summed E-state index contributed by atoms with van der Waals surface area (Å²) in [5.41, 5.74) is 1.22. The molecule has 29 heavy (non-hydrogen) atoms. The van der Waals surface area contributed by atoms with Gasteiger partial charge in [-0.05, 0) is 24.1 Å². The number of nitrogens with one attached hydrogen (secondary N) is 1. The van der Waals surface area contributed by atoms with Gasteiger partial charge in [-0.1, -0.05) is 42.5 Å². The summed E-state index contributed by atoms with van der Waals surface area (Å²) in [6, 6.07) is 16.8. The molecular formula is C22H29FIN3O2. The van der Waals surface area contributed by atoms with E-state index in [0.717, 1.165) is 25.5 Å². The first-order valence-corrected chi connectivity index (χ1v) is 9.64. The molecule has 2 aromatic carbocycles. The van der Waals surface area contributed by atoms with E-state index in [4.69, 9.17) is 9.47 Å². The van der Waals surface area contributed by atoms with Gasteiger partial charge in [0, 0.05) is 33.2 Å². The van der Waals surface area contributed by atoms with Crippen molar-refractivity contribution in [2.45, 2.75) is 12.5 Å². The number of likely N-dealkylation sites (N-methyl/N-ethyl adjacent to an activating group) is 1. The van der Waals surface area contributed by atoms with E-state index in [1.54, 1.807) is 25.2 Å². The highest BCUT2D eigenvalue weighted by molar-refractivity contribution is 14.0. The van der Waals surface area contributed by atoms with E-state index in [2.05, 4.69) is 22.4 Å². The third-order valence-corrected chi connectivity index (χ3v) is 4.96. The monoisotopic (exact) mass is 513 g/mol. The van der Waals surface area contributed by atoms with Gasteiger partial charge in [-0.15, -0.1) is 24.0 Å². The molecule has 1 aliphatic rings. The van der Waals surface area contributed by atoms with Crippen molar-refractivity contribution in [2.75, 3.05) is 40.4 Å². The second-order valence-electron chi connectivity index (χ2n) is 6.88. The molecule has 0 aliphatic carbocycles. The van der Waals surface area contributed by atoms with E-state index in [1.165, 1.54) is 11.6 Å². The maximum absolute atomic E-state index is 13.6. The molecule has 0 spiro atoms. The van der Waals surface area contributed by atoms with Crippen molar-refractivity contribution in [1.29, 1.82) is 0 Å². The van der Waals surface area contributed by atoms with Crippen LogP contribution < -0.4 is 10.1 Å². The second-order valence-corrected chi connectivity index (χ2v) is 6.88. The van der Waals surface area contributed by atoms with Gasteiger partial charge >= 0.3 is 0 Å². The molecule has 0 saturated carbocycles. The third kappa shape index (κ3) is 6.57. The maximum Gasteiger partial charge on any atom is 0.193 e. The Bertz CT molecular complexity index is 776. The van der Waals surface area contributed by atoms with Crippen LogP contribution in [0.3, 0.4) is 0 Å². The van der Waals surface area contributed by atoms with Crippen LogP contribution in [0.15, 0.2) is 59.6 Å². The number of hydrogen-bond donors (Lipinski definition) is 1. The first-order valence-electron chi connectivity index (χ1n) is 9.64. The number of nitrogens with zero attached hydrogens (tertiary/aromatic N) is 2. The third-order valence-electron chi connectivity index (χ3n) is 4.96. The van der Waals surface area contributed by atoms with Crippen molar-refractivity contribution in [1.82, 2.24) is 10.2 Å². The largest absolute Gasteiger partial charge is 0.489 e. The Morgan fingerprint density at radius 3 is 2.66 bits per heavy atom. The standard InChI is InChI=1S/C22H28FN3O2.HI/c1-24-22(26(2)13-15-27-20-11-7-6-10-19(20)23)25-16-18-12-14-28-21(18)17-8-4-3-5-9-17;/h3-11,18,21H,12-16H2,1-2H3,(H,24,25);1H. The lowest BCUT2D eigenvalue weighted by Gasteiger charge is -2.25. The predicted molar refractivity (Wildman–Crippen MR) is 125 cm³/mol. The smallest absolute Gasteiger partial charge is 0.193 e. The van der Waals surface area contributed by atoms with Crippen molar-refractivity contribution >= 4 is 29.9 Å². The first-order chi connectivity index (χ1) is 13.7.